The van der Waals surface area contributed by atoms with Crippen LogP contribution < -0.4 is 4.74 Å². The minimum Gasteiger partial charge on any atom is -0.493 e. The molecule has 0 heterocycles. The molecule has 0 fully saturated rings. The van der Waals surface area contributed by atoms with Crippen LogP contribution in [-0.2, 0) is 32.1 Å². The summed E-state index contributed by atoms with van der Waals surface area (Å²) in [5, 5.41) is 0. The lowest BCUT2D eigenvalue weighted by Gasteiger charge is -2.28. The van der Waals surface area contributed by atoms with Crippen molar-refractivity contribution >= 4 is 0 Å². The monoisotopic (exact) mass is 1100 g/mol. The summed E-state index contributed by atoms with van der Waals surface area (Å²) in [6.07, 6.45) is 91.4. The molecule has 0 N–H and O–H groups in total. The Morgan fingerprint density at radius 3 is 0.481 bits per heavy atom. The van der Waals surface area contributed by atoms with E-state index in [-0.39, 0.29) is 0 Å². The zero-order chi connectivity index (χ0) is 56.8. The maximum absolute atomic E-state index is 7.57. The van der Waals surface area contributed by atoms with Crippen molar-refractivity contribution in [3.8, 4) is 5.75 Å². The van der Waals surface area contributed by atoms with Gasteiger partial charge in [0.05, 0.1) is 6.61 Å². The summed E-state index contributed by atoms with van der Waals surface area (Å²) in [5.74, 6) is 1.46. The van der Waals surface area contributed by atoms with Crippen LogP contribution in [0.15, 0.2) is 0 Å². The van der Waals surface area contributed by atoms with Gasteiger partial charge in [0.25, 0.3) is 0 Å². The van der Waals surface area contributed by atoms with Crippen LogP contribution in [0.1, 0.15) is 455 Å². The molecule has 79 heavy (non-hydrogen) atoms. The summed E-state index contributed by atoms with van der Waals surface area (Å²) in [5.41, 5.74) is 9.01. The molecule has 0 atom stereocenters. The topological polar surface area (TPSA) is 9.23 Å². The number of unbranched alkanes of at least 4 members (excludes halogenated alkanes) is 54. The lowest BCUT2D eigenvalue weighted by atomic mass is 9.80. The maximum atomic E-state index is 7.57. The first-order valence-electron chi connectivity index (χ1n) is 38.0. The molecule has 1 nitrogen and oxygen atoms in total. The molecule has 0 unspecified atom stereocenters. The quantitative estimate of drug-likeness (QED) is 0.0591. The van der Waals surface area contributed by atoms with Gasteiger partial charge in [-0.05, 0) is 98.4 Å². The predicted octanol–water partition coefficient (Wildman–Crippen LogP) is 28.3. The molecular weight excluding hydrogens is 953 g/mol. The van der Waals surface area contributed by atoms with Crippen LogP contribution in [0.25, 0.3) is 0 Å². The van der Waals surface area contributed by atoms with Crippen molar-refractivity contribution < 1.29 is 4.74 Å². The van der Waals surface area contributed by atoms with Crippen molar-refractivity contribution in [1.82, 2.24) is 0 Å². The third kappa shape index (κ3) is 47.0. The van der Waals surface area contributed by atoms with Crippen LogP contribution in [-0.4, -0.2) is 6.61 Å². The van der Waals surface area contributed by atoms with Crippen molar-refractivity contribution in [2.45, 2.75) is 459 Å². The number of benzene rings is 1. The van der Waals surface area contributed by atoms with Gasteiger partial charge in [0.15, 0.2) is 0 Å². The number of ether oxygens (including phenoxy) is 1. The molecule has 1 aromatic carbocycles. The lowest BCUT2D eigenvalue weighted by Crippen LogP contribution is -2.15. The van der Waals surface area contributed by atoms with Gasteiger partial charge in [-0.1, -0.05) is 388 Å². The summed E-state index contributed by atoms with van der Waals surface area (Å²) in [7, 11) is 0. The molecule has 468 valence electrons. The molecule has 0 amide bonds. The normalized spacial score (nSPS) is 11.7. The smallest absolute Gasteiger partial charge is 0.126 e. The molecule has 0 aliphatic rings. The fourth-order valence-electron chi connectivity index (χ4n) is 13.3. The van der Waals surface area contributed by atoms with Gasteiger partial charge < -0.3 is 4.74 Å². The van der Waals surface area contributed by atoms with Gasteiger partial charge in [-0.15, -0.1) is 0 Å². The molecule has 0 saturated heterocycles. The van der Waals surface area contributed by atoms with Crippen LogP contribution in [0.3, 0.4) is 0 Å². The van der Waals surface area contributed by atoms with Crippen molar-refractivity contribution in [1.29, 1.82) is 0 Å². The first-order chi connectivity index (χ1) is 39.2. The van der Waals surface area contributed by atoms with Crippen molar-refractivity contribution in [3.63, 3.8) is 0 Å². The predicted molar refractivity (Wildman–Crippen MR) is 362 cm³/mol. The number of hydrogen-bond acceptors (Lipinski definition) is 1. The van der Waals surface area contributed by atoms with Crippen LogP contribution in [0.2, 0.25) is 0 Å². The minimum atomic E-state index is 0.930. The van der Waals surface area contributed by atoms with E-state index in [1.54, 1.807) is 11.1 Å². The third-order valence-electron chi connectivity index (χ3n) is 18.7. The Labute approximate surface area is 501 Å². The van der Waals surface area contributed by atoms with E-state index in [1.165, 1.54) is 423 Å². The highest BCUT2D eigenvalue weighted by atomic mass is 16.5. The van der Waals surface area contributed by atoms with Crippen molar-refractivity contribution in [3.05, 3.63) is 27.8 Å². The Balaban J connectivity index is 3.71. The first kappa shape index (κ1) is 76.0. The van der Waals surface area contributed by atoms with Crippen LogP contribution >= 0.6 is 0 Å². The average Bonchev–Trinajstić information content (AvgIpc) is 3.53. The highest BCUT2D eigenvalue weighted by molar-refractivity contribution is 5.57. The maximum Gasteiger partial charge on any atom is 0.126 e. The first-order valence-corrected chi connectivity index (χ1v) is 38.0. The van der Waals surface area contributed by atoms with Gasteiger partial charge >= 0.3 is 0 Å². The molecule has 0 radical (unpaired) electrons. The van der Waals surface area contributed by atoms with Crippen LogP contribution in [0, 0.1) is 0 Å². The molecule has 1 heteroatoms. The average molecular weight is 1100 g/mol. The van der Waals surface area contributed by atoms with Crippen molar-refractivity contribution in [2.75, 3.05) is 6.61 Å². The van der Waals surface area contributed by atoms with E-state index in [9.17, 15) is 0 Å². The Morgan fingerprint density at radius 2 is 0.291 bits per heavy atom. The van der Waals surface area contributed by atoms with Gasteiger partial charge in [0.2, 0.25) is 0 Å². The summed E-state index contributed by atoms with van der Waals surface area (Å²) >= 11 is 0. The molecule has 0 aromatic heterocycles. The largest absolute Gasteiger partial charge is 0.493 e. The SMILES string of the molecule is CCCCCCCCCCCCOc1c(CCCCCCCCCCCC)c(CCCCCCCCCCCC)c(CCCCCCCCCCCC)c(CCCCCCCCCCCC)c1CCCCCCCCCCCC. The zero-order valence-electron chi connectivity index (χ0n) is 56.1. The summed E-state index contributed by atoms with van der Waals surface area (Å²) in [4.78, 5) is 0. The fourth-order valence-corrected chi connectivity index (χ4v) is 13.3. The third-order valence-corrected chi connectivity index (χ3v) is 18.7. The molecule has 0 aliphatic heterocycles. The van der Waals surface area contributed by atoms with Crippen molar-refractivity contribution in [2.24, 2.45) is 0 Å². The van der Waals surface area contributed by atoms with Crippen LogP contribution in [0.5, 0.6) is 5.75 Å². The standard InChI is InChI=1S/C78H150O/c1-7-13-19-25-31-37-43-49-55-61-67-73-74(68-62-56-50-44-38-32-26-20-14-8-2)76(70-64-58-52-46-40-34-28-22-16-10-4)78(79-72-66-60-54-48-42-36-30-24-18-12-6)77(71-65-59-53-47-41-35-29-23-17-11-5)75(73)69-63-57-51-45-39-33-27-21-15-9-3/h7-72H2,1-6H3. The second-order valence-corrected chi connectivity index (χ2v) is 26.4. The molecule has 0 spiro atoms. The fraction of sp³-hybridized carbons (Fsp3) is 0.923. The minimum absolute atomic E-state index is 0.930. The Morgan fingerprint density at radius 1 is 0.152 bits per heavy atom. The second kappa shape index (κ2) is 63.1. The Bertz CT molecular complexity index is 1250. The van der Waals surface area contributed by atoms with E-state index >= 15 is 0 Å². The van der Waals surface area contributed by atoms with E-state index in [0.29, 0.717) is 0 Å². The van der Waals surface area contributed by atoms with E-state index in [4.69, 9.17) is 4.74 Å². The molecular formula is C78H150O. The number of hydrogen-bond donors (Lipinski definition) is 0. The molecule has 0 aliphatic carbocycles. The van der Waals surface area contributed by atoms with Gasteiger partial charge in [0.1, 0.15) is 5.75 Å². The summed E-state index contributed by atoms with van der Waals surface area (Å²) in [6.45, 7) is 15.0. The van der Waals surface area contributed by atoms with E-state index in [2.05, 4.69) is 41.5 Å². The second-order valence-electron chi connectivity index (χ2n) is 26.4. The van der Waals surface area contributed by atoms with E-state index in [0.717, 1.165) is 6.61 Å². The lowest BCUT2D eigenvalue weighted by molar-refractivity contribution is 0.296. The molecule has 1 aromatic rings. The number of rotatable bonds is 67. The van der Waals surface area contributed by atoms with Gasteiger partial charge in [-0.3, -0.25) is 0 Å². The summed E-state index contributed by atoms with van der Waals surface area (Å²) in [6, 6.07) is 0. The molecule has 1 rings (SSSR count). The van der Waals surface area contributed by atoms with Gasteiger partial charge in [-0.25, -0.2) is 0 Å². The van der Waals surface area contributed by atoms with E-state index < -0.39 is 0 Å². The Hall–Kier alpha value is -0.980. The highest BCUT2D eigenvalue weighted by Gasteiger charge is 2.24. The van der Waals surface area contributed by atoms with E-state index in [1.807, 2.05) is 16.7 Å². The highest BCUT2D eigenvalue weighted by Crippen LogP contribution is 2.40. The van der Waals surface area contributed by atoms with Crippen LogP contribution in [0.4, 0.5) is 0 Å². The molecule has 0 saturated carbocycles. The van der Waals surface area contributed by atoms with Gasteiger partial charge in [0, 0.05) is 0 Å². The zero-order valence-corrected chi connectivity index (χ0v) is 56.1. The molecule has 0 bridgehead atoms. The Kier molecular flexibility index (Phi) is 60.7. The van der Waals surface area contributed by atoms with Gasteiger partial charge in [-0.2, -0.15) is 0 Å². The summed E-state index contributed by atoms with van der Waals surface area (Å²) < 4.78 is 7.57.